The van der Waals surface area contributed by atoms with E-state index in [0.717, 1.165) is 0 Å². The Labute approximate surface area is 120 Å². The average Bonchev–Trinajstić information content (AvgIpc) is 2.77. The minimum Gasteiger partial charge on any atom is -0.416 e. The summed E-state index contributed by atoms with van der Waals surface area (Å²) in [6, 6.07) is 8.15. The molecular formula is C14H9F5N2O. The molecule has 1 N–H and O–H groups in total. The predicted octanol–water partition coefficient (Wildman–Crippen LogP) is 4.64. The van der Waals surface area contributed by atoms with Crippen LogP contribution in [-0.4, -0.2) is 22.3 Å². The summed E-state index contributed by atoms with van der Waals surface area (Å²) in [6.07, 6.45) is -10.3. The largest absolute Gasteiger partial charge is 0.416 e. The van der Waals surface area contributed by atoms with E-state index in [-0.39, 0.29) is 0 Å². The molecule has 0 aliphatic carbocycles. The van der Waals surface area contributed by atoms with Gasteiger partial charge in [-0.25, -0.2) is 0 Å². The number of ether oxygens (including phenoxy) is 1. The van der Waals surface area contributed by atoms with Gasteiger partial charge in [-0.05, 0) is 6.07 Å². The third-order valence-electron chi connectivity index (χ3n) is 3.01. The van der Waals surface area contributed by atoms with Crippen molar-refractivity contribution in [2.45, 2.75) is 18.7 Å². The molecule has 3 aromatic rings. The molecule has 0 amide bonds. The van der Waals surface area contributed by atoms with Crippen LogP contribution in [0.1, 0.15) is 6.42 Å². The lowest BCUT2D eigenvalue weighted by molar-refractivity contribution is -0.255. The SMILES string of the molecule is FC(F)(F)CC(F)(F)Oc1cc2cnc3ccccc3c2[nH]1. The van der Waals surface area contributed by atoms with Crippen LogP contribution in [0.5, 0.6) is 5.88 Å². The topological polar surface area (TPSA) is 37.9 Å². The highest BCUT2D eigenvalue weighted by molar-refractivity contribution is 6.03. The molecule has 0 aliphatic rings. The number of aromatic nitrogens is 2. The van der Waals surface area contributed by atoms with Crippen molar-refractivity contribution in [3.63, 3.8) is 0 Å². The Bertz CT molecular complexity index is 825. The number of pyridine rings is 1. The van der Waals surface area contributed by atoms with Gasteiger partial charge in [0.25, 0.3) is 0 Å². The molecule has 0 spiro atoms. The first kappa shape index (κ1) is 14.6. The van der Waals surface area contributed by atoms with Crippen LogP contribution < -0.4 is 4.74 Å². The Hall–Kier alpha value is -2.38. The Morgan fingerprint density at radius 3 is 2.55 bits per heavy atom. The van der Waals surface area contributed by atoms with E-state index in [2.05, 4.69) is 14.7 Å². The monoisotopic (exact) mass is 316 g/mol. The van der Waals surface area contributed by atoms with Gasteiger partial charge in [-0.2, -0.15) is 22.0 Å². The van der Waals surface area contributed by atoms with E-state index in [1.807, 2.05) is 0 Å². The van der Waals surface area contributed by atoms with Gasteiger partial charge in [0, 0.05) is 23.0 Å². The van der Waals surface area contributed by atoms with Gasteiger partial charge < -0.3 is 9.72 Å². The standard InChI is InChI=1S/C14H9F5N2O/c15-13(16,17)7-14(18,19)22-11-5-8-6-20-10-4-2-1-3-9(10)12(8)21-11/h1-6,21H,7H2. The predicted molar refractivity (Wildman–Crippen MR) is 69.8 cm³/mol. The van der Waals surface area contributed by atoms with E-state index in [4.69, 9.17) is 0 Å². The van der Waals surface area contributed by atoms with Crippen molar-refractivity contribution in [3.8, 4) is 5.88 Å². The number of fused-ring (bicyclic) bond motifs is 3. The Kier molecular flexibility index (Phi) is 3.19. The maximum absolute atomic E-state index is 13.3. The summed E-state index contributed by atoms with van der Waals surface area (Å²) in [5, 5.41) is 1.13. The second-order valence-electron chi connectivity index (χ2n) is 4.77. The van der Waals surface area contributed by atoms with Crippen molar-refractivity contribution in [1.29, 1.82) is 0 Å². The van der Waals surface area contributed by atoms with Crippen LogP contribution >= 0.6 is 0 Å². The van der Waals surface area contributed by atoms with E-state index in [9.17, 15) is 22.0 Å². The number of hydrogen-bond donors (Lipinski definition) is 1. The highest BCUT2D eigenvalue weighted by Crippen LogP contribution is 2.35. The first-order chi connectivity index (χ1) is 10.2. The molecule has 2 heterocycles. The van der Waals surface area contributed by atoms with E-state index >= 15 is 0 Å². The van der Waals surface area contributed by atoms with Gasteiger partial charge in [0.2, 0.25) is 0 Å². The van der Waals surface area contributed by atoms with Gasteiger partial charge in [0.05, 0.1) is 11.0 Å². The molecule has 3 rings (SSSR count). The third kappa shape index (κ3) is 2.95. The van der Waals surface area contributed by atoms with Crippen LogP contribution in [0, 0.1) is 0 Å². The van der Waals surface area contributed by atoms with Crippen LogP contribution in [0.2, 0.25) is 0 Å². The summed E-state index contributed by atoms with van der Waals surface area (Å²) >= 11 is 0. The molecule has 0 fully saturated rings. The number of H-pyrrole nitrogens is 1. The summed E-state index contributed by atoms with van der Waals surface area (Å²) in [5.41, 5.74) is 1.11. The van der Waals surface area contributed by atoms with Crippen molar-refractivity contribution in [2.75, 3.05) is 0 Å². The number of nitrogens with one attached hydrogen (secondary N) is 1. The Morgan fingerprint density at radius 2 is 1.82 bits per heavy atom. The van der Waals surface area contributed by atoms with Crippen LogP contribution in [0.25, 0.3) is 21.8 Å². The van der Waals surface area contributed by atoms with Gasteiger partial charge in [-0.3, -0.25) is 4.98 Å². The van der Waals surface area contributed by atoms with Crippen LogP contribution in [0.4, 0.5) is 22.0 Å². The molecule has 1 aromatic carbocycles. The van der Waals surface area contributed by atoms with Gasteiger partial charge in [0.1, 0.15) is 6.42 Å². The minimum atomic E-state index is -5.02. The number of aromatic amines is 1. The highest BCUT2D eigenvalue weighted by atomic mass is 19.4. The van der Waals surface area contributed by atoms with Gasteiger partial charge in [0.15, 0.2) is 5.88 Å². The number of benzene rings is 1. The fraction of sp³-hybridized carbons (Fsp3) is 0.214. The lowest BCUT2D eigenvalue weighted by Gasteiger charge is -2.18. The highest BCUT2D eigenvalue weighted by Gasteiger charge is 2.46. The van der Waals surface area contributed by atoms with E-state index in [1.165, 1.54) is 12.3 Å². The van der Waals surface area contributed by atoms with Crippen LogP contribution in [0.3, 0.4) is 0 Å². The molecule has 0 saturated carbocycles. The van der Waals surface area contributed by atoms with E-state index in [1.54, 1.807) is 24.3 Å². The molecule has 22 heavy (non-hydrogen) atoms. The first-order valence-electron chi connectivity index (χ1n) is 6.24. The molecule has 0 bridgehead atoms. The average molecular weight is 316 g/mol. The Morgan fingerprint density at radius 1 is 1.09 bits per heavy atom. The molecule has 116 valence electrons. The number of hydrogen-bond acceptors (Lipinski definition) is 2. The second-order valence-corrected chi connectivity index (χ2v) is 4.77. The Balaban J connectivity index is 1.97. The van der Waals surface area contributed by atoms with Crippen molar-refractivity contribution in [2.24, 2.45) is 0 Å². The number of rotatable bonds is 3. The smallest absolute Gasteiger partial charge is 0.407 e. The zero-order valence-corrected chi connectivity index (χ0v) is 10.9. The molecule has 0 atom stereocenters. The fourth-order valence-electron chi connectivity index (χ4n) is 2.19. The first-order valence-corrected chi connectivity index (χ1v) is 6.24. The summed E-state index contributed by atoms with van der Waals surface area (Å²) < 4.78 is 67.0. The van der Waals surface area contributed by atoms with E-state index < -0.39 is 24.6 Å². The van der Waals surface area contributed by atoms with Crippen LogP contribution in [0.15, 0.2) is 36.5 Å². The van der Waals surface area contributed by atoms with Gasteiger partial charge in [-0.1, -0.05) is 18.2 Å². The van der Waals surface area contributed by atoms with Crippen molar-refractivity contribution in [3.05, 3.63) is 36.5 Å². The molecule has 2 aromatic heterocycles. The maximum Gasteiger partial charge on any atom is 0.407 e. The summed E-state index contributed by atoms with van der Waals surface area (Å²) in [6.45, 7) is 0. The fourth-order valence-corrected chi connectivity index (χ4v) is 2.19. The maximum atomic E-state index is 13.3. The summed E-state index contributed by atoms with van der Waals surface area (Å²) in [5.74, 6) is -0.442. The van der Waals surface area contributed by atoms with Crippen molar-refractivity contribution in [1.82, 2.24) is 9.97 Å². The number of alkyl halides is 5. The quantitative estimate of drug-likeness (QED) is 0.715. The number of para-hydroxylation sites is 1. The minimum absolute atomic E-state index is 0.442. The number of halogens is 5. The number of nitrogens with zero attached hydrogens (tertiary/aromatic N) is 1. The zero-order valence-electron chi connectivity index (χ0n) is 10.9. The summed E-state index contributed by atoms with van der Waals surface area (Å²) in [4.78, 5) is 6.71. The molecule has 0 aliphatic heterocycles. The normalized spacial score (nSPS) is 13.0. The van der Waals surface area contributed by atoms with Crippen LogP contribution in [-0.2, 0) is 0 Å². The second kappa shape index (κ2) is 4.82. The molecule has 0 saturated heterocycles. The third-order valence-corrected chi connectivity index (χ3v) is 3.01. The summed E-state index contributed by atoms with van der Waals surface area (Å²) in [7, 11) is 0. The van der Waals surface area contributed by atoms with Crippen molar-refractivity contribution < 1.29 is 26.7 Å². The molecule has 3 nitrogen and oxygen atoms in total. The molecule has 0 unspecified atom stereocenters. The zero-order chi connectivity index (χ0) is 16.0. The molecule has 8 heteroatoms. The lowest BCUT2D eigenvalue weighted by Crippen LogP contribution is -2.31. The van der Waals surface area contributed by atoms with Gasteiger partial charge >= 0.3 is 12.3 Å². The lowest BCUT2D eigenvalue weighted by atomic mass is 10.2. The molecule has 0 radical (unpaired) electrons. The van der Waals surface area contributed by atoms with Crippen molar-refractivity contribution >= 4 is 21.8 Å². The molecular weight excluding hydrogens is 307 g/mol. The van der Waals surface area contributed by atoms with E-state index in [0.29, 0.717) is 21.8 Å². The van der Waals surface area contributed by atoms with Gasteiger partial charge in [-0.15, -0.1) is 0 Å².